The lowest BCUT2D eigenvalue weighted by Crippen LogP contribution is -2.31. The molecule has 2 aliphatic rings. The minimum Gasteiger partial charge on any atom is -0.396 e. The Bertz CT molecular complexity index is 137. The number of nitrogens with one attached hydrogen (secondary N) is 2. The monoisotopic (exact) mass is 230 g/mol. The summed E-state index contributed by atoms with van der Waals surface area (Å²) in [6, 6.07) is 0. The van der Waals surface area contributed by atoms with Crippen molar-refractivity contribution in [3.05, 3.63) is 0 Å². The minimum absolute atomic E-state index is 0.354. The number of hydrogen-bond donors (Lipinski definition) is 4. The summed E-state index contributed by atoms with van der Waals surface area (Å²) in [6.07, 6.45) is 4.85. The predicted molar refractivity (Wildman–Crippen MR) is 65.4 cm³/mol. The van der Waals surface area contributed by atoms with E-state index in [1.165, 1.54) is 25.7 Å². The fraction of sp³-hybridized carbons (Fsp3) is 1.00. The van der Waals surface area contributed by atoms with Crippen molar-refractivity contribution in [1.82, 2.24) is 10.6 Å². The highest BCUT2D eigenvalue weighted by atomic mass is 16.3. The molecule has 2 saturated heterocycles. The quantitative estimate of drug-likeness (QED) is 0.537. The Morgan fingerprint density at radius 1 is 0.812 bits per heavy atom. The maximum atomic E-state index is 8.65. The molecule has 0 aromatic carbocycles. The van der Waals surface area contributed by atoms with Crippen LogP contribution < -0.4 is 10.6 Å². The van der Waals surface area contributed by atoms with Crippen molar-refractivity contribution in [3.8, 4) is 0 Å². The van der Waals surface area contributed by atoms with Gasteiger partial charge in [-0.15, -0.1) is 0 Å². The lowest BCUT2D eigenvalue weighted by Gasteiger charge is -2.19. The molecule has 0 aromatic heterocycles. The largest absolute Gasteiger partial charge is 0.396 e. The Balaban J connectivity index is 0.000000160. The van der Waals surface area contributed by atoms with Crippen molar-refractivity contribution in [2.45, 2.75) is 25.7 Å². The first-order valence-electron chi connectivity index (χ1n) is 6.50. The molecule has 2 rings (SSSR count). The molecule has 2 aliphatic heterocycles. The molecule has 0 radical (unpaired) electrons. The Kier molecular flexibility index (Phi) is 7.76. The van der Waals surface area contributed by atoms with Crippen LogP contribution in [0.1, 0.15) is 25.7 Å². The highest BCUT2D eigenvalue weighted by molar-refractivity contribution is 4.67. The molecule has 96 valence electrons. The van der Waals surface area contributed by atoms with Crippen LogP contribution >= 0.6 is 0 Å². The molecule has 0 saturated carbocycles. The maximum absolute atomic E-state index is 8.65. The summed E-state index contributed by atoms with van der Waals surface area (Å²) in [5.41, 5.74) is 0. The van der Waals surface area contributed by atoms with Gasteiger partial charge in [-0.05, 0) is 50.6 Å². The SMILES string of the molecule is OCC1CCCNC1.OCC1CCCNC1. The van der Waals surface area contributed by atoms with Gasteiger partial charge in [0.05, 0.1) is 0 Å². The first-order chi connectivity index (χ1) is 7.86. The second kappa shape index (κ2) is 8.93. The normalized spacial score (nSPS) is 30.4. The van der Waals surface area contributed by atoms with Gasteiger partial charge in [0.1, 0.15) is 0 Å². The summed E-state index contributed by atoms with van der Waals surface area (Å²) >= 11 is 0. The van der Waals surface area contributed by atoms with Gasteiger partial charge >= 0.3 is 0 Å². The molecule has 0 amide bonds. The van der Waals surface area contributed by atoms with E-state index in [1.54, 1.807) is 0 Å². The summed E-state index contributed by atoms with van der Waals surface area (Å²) in [5, 5.41) is 23.8. The third-order valence-corrected chi connectivity index (χ3v) is 3.31. The first kappa shape index (κ1) is 13.9. The third kappa shape index (κ3) is 5.80. The molecule has 4 nitrogen and oxygen atoms in total. The Morgan fingerprint density at radius 2 is 1.25 bits per heavy atom. The fourth-order valence-electron chi connectivity index (χ4n) is 2.16. The van der Waals surface area contributed by atoms with Crippen LogP contribution in [0, 0.1) is 11.8 Å². The fourth-order valence-corrected chi connectivity index (χ4v) is 2.16. The Hall–Kier alpha value is -0.160. The van der Waals surface area contributed by atoms with Crippen LogP contribution in [-0.4, -0.2) is 49.6 Å². The summed E-state index contributed by atoms with van der Waals surface area (Å²) < 4.78 is 0. The van der Waals surface area contributed by atoms with Gasteiger partial charge in [0.25, 0.3) is 0 Å². The zero-order valence-corrected chi connectivity index (χ0v) is 10.1. The highest BCUT2D eigenvalue weighted by Crippen LogP contribution is 2.07. The van der Waals surface area contributed by atoms with Crippen molar-refractivity contribution in [1.29, 1.82) is 0 Å². The number of aliphatic hydroxyl groups is 2. The second-order valence-electron chi connectivity index (χ2n) is 4.79. The van der Waals surface area contributed by atoms with E-state index in [0.29, 0.717) is 25.0 Å². The van der Waals surface area contributed by atoms with Crippen LogP contribution in [0.2, 0.25) is 0 Å². The minimum atomic E-state index is 0.354. The van der Waals surface area contributed by atoms with Crippen molar-refractivity contribution in [2.75, 3.05) is 39.4 Å². The molecule has 0 spiro atoms. The molecular formula is C12H26N2O2. The number of rotatable bonds is 2. The molecule has 0 aliphatic carbocycles. The van der Waals surface area contributed by atoms with E-state index in [0.717, 1.165) is 26.2 Å². The summed E-state index contributed by atoms with van der Waals surface area (Å²) in [4.78, 5) is 0. The second-order valence-corrected chi connectivity index (χ2v) is 4.79. The summed E-state index contributed by atoms with van der Waals surface area (Å²) in [7, 11) is 0. The average Bonchev–Trinajstić information content (AvgIpc) is 2.41. The van der Waals surface area contributed by atoms with Crippen LogP contribution in [-0.2, 0) is 0 Å². The topological polar surface area (TPSA) is 64.5 Å². The van der Waals surface area contributed by atoms with Crippen LogP contribution in [0.25, 0.3) is 0 Å². The van der Waals surface area contributed by atoms with Crippen molar-refractivity contribution in [2.24, 2.45) is 11.8 Å². The van der Waals surface area contributed by atoms with Gasteiger partial charge in [-0.25, -0.2) is 0 Å². The van der Waals surface area contributed by atoms with Crippen LogP contribution in [0.5, 0.6) is 0 Å². The average molecular weight is 230 g/mol. The van der Waals surface area contributed by atoms with Gasteiger partial charge in [-0.2, -0.15) is 0 Å². The standard InChI is InChI=1S/2C6H13NO/c2*8-5-6-2-1-3-7-4-6/h2*6-8H,1-5H2. The highest BCUT2D eigenvalue weighted by Gasteiger charge is 2.10. The van der Waals surface area contributed by atoms with E-state index in [-0.39, 0.29) is 0 Å². The van der Waals surface area contributed by atoms with Crippen molar-refractivity contribution in [3.63, 3.8) is 0 Å². The van der Waals surface area contributed by atoms with E-state index in [4.69, 9.17) is 10.2 Å². The van der Waals surface area contributed by atoms with E-state index in [2.05, 4.69) is 10.6 Å². The van der Waals surface area contributed by atoms with Gasteiger partial charge in [-0.1, -0.05) is 0 Å². The van der Waals surface area contributed by atoms with Crippen molar-refractivity contribution >= 4 is 0 Å². The molecule has 2 unspecified atom stereocenters. The molecule has 0 aromatic rings. The van der Waals surface area contributed by atoms with Crippen LogP contribution in [0.3, 0.4) is 0 Å². The van der Waals surface area contributed by atoms with Gasteiger partial charge in [0.15, 0.2) is 0 Å². The van der Waals surface area contributed by atoms with Crippen molar-refractivity contribution < 1.29 is 10.2 Å². The predicted octanol–water partition coefficient (Wildman–Crippen LogP) is -0.0434. The molecular weight excluding hydrogens is 204 g/mol. The first-order valence-corrected chi connectivity index (χ1v) is 6.50. The van der Waals surface area contributed by atoms with Gasteiger partial charge in [-0.3, -0.25) is 0 Å². The van der Waals surface area contributed by atoms with Crippen LogP contribution in [0.15, 0.2) is 0 Å². The molecule has 0 bridgehead atoms. The Labute approximate surface area is 98.4 Å². The lowest BCUT2D eigenvalue weighted by atomic mass is 10.0. The molecule has 4 N–H and O–H groups in total. The van der Waals surface area contributed by atoms with Gasteiger partial charge in [0, 0.05) is 26.3 Å². The number of hydrogen-bond acceptors (Lipinski definition) is 4. The number of aliphatic hydroxyl groups excluding tert-OH is 2. The zero-order chi connectivity index (χ0) is 11.6. The van der Waals surface area contributed by atoms with Gasteiger partial charge < -0.3 is 20.8 Å². The molecule has 2 heterocycles. The van der Waals surface area contributed by atoms with E-state index < -0.39 is 0 Å². The molecule has 16 heavy (non-hydrogen) atoms. The number of piperidine rings is 2. The molecule has 2 atom stereocenters. The molecule has 4 heteroatoms. The third-order valence-electron chi connectivity index (χ3n) is 3.31. The van der Waals surface area contributed by atoms with Crippen LogP contribution in [0.4, 0.5) is 0 Å². The zero-order valence-electron chi connectivity index (χ0n) is 10.1. The van der Waals surface area contributed by atoms with E-state index in [9.17, 15) is 0 Å². The maximum Gasteiger partial charge on any atom is 0.0471 e. The van der Waals surface area contributed by atoms with E-state index in [1.807, 2.05) is 0 Å². The van der Waals surface area contributed by atoms with E-state index >= 15 is 0 Å². The molecule has 2 fully saturated rings. The smallest absolute Gasteiger partial charge is 0.0471 e. The van der Waals surface area contributed by atoms with Gasteiger partial charge in [0.2, 0.25) is 0 Å². The Morgan fingerprint density at radius 3 is 1.44 bits per heavy atom. The lowest BCUT2D eigenvalue weighted by molar-refractivity contribution is 0.199. The summed E-state index contributed by atoms with van der Waals surface area (Å²) in [5.74, 6) is 1.06. The summed E-state index contributed by atoms with van der Waals surface area (Å²) in [6.45, 7) is 5.00.